The lowest BCUT2D eigenvalue weighted by Gasteiger charge is -2.06. The van der Waals surface area contributed by atoms with Crippen molar-refractivity contribution in [1.82, 2.24) is 9.13 Å². The number of rotatable bonds is 7. The summed E-state index contributed by atoms with van der Waals surface area (Å²) in [5.41, 5.74) is 5.38. The SMILES string of the molecule is CC/C(=N\c1ccc(Cc2ccc(/N=C(\OC)c3n(C)cc[n+]3C)cc2)cc1)c1n(C)cc[n+]1C. The number of ether oxygens (including phenoxy) is 1. The van der Waals surface area contributed by atoms with Crippen molar-refractivity contribution >= 4 is 23.0 Å². The van der Waals surface area contributed by atoms with Crippen molar-refractivity contribution in [3.05, 3.63) is 96.1 Å². The molecule has 0 unspecified atom stereocenters. The highest BCUT2D eigenvalue weighted by molar-refractivity contribution is 5.98. The molecule has 0 N–H and O–H groups in total. The molecule has 180 valence electrons. The van der Waals surface area contributed by atoms with Gasteiger partial charge in [-0.2, -0.15) is 0 Å². The number of nitrogens with zero attached hydrogens (tertiary/aromatic N) is 6. The first-order valence-corrected chi connectivity index (χ1v) is 11.8. The van der Waals surface area contributed by atoms with Gasteiger partial charge in [0.1, 0.15) is 30.5 Å². The Labute approximate surface area is 207 Å². The molecule has 2 aromatic carbocycles. The van der Waals surface area contributed by atoms with Gasteiger partial charge in [-0.25, -0.2) is 28.3 Å². The van der Waals surface area contributed by atoms with E-state index >= 15 is 0 Å². The maximum Gasteiger partial charge on any atom is 0.344 e. The van der Waals surface area contributed by atoms with Crippen molar-refractivity contribution in [1.29, 1.82) is 0 Å². The standard InChI is InChI=1S/C28H34N6O/c1-7-25(27-31(2)16-17-32(27)3)29-23-12-8-21(9-13-23)20-22-10-14-24(15-11-22)30-26(35-6)28-33(4)18-19-34(28)5/h8-19H,7,20H2,1-6H3/q+2/b29-25+,30-26-. The Bertz CT molecular complexity index is 1210. The van der Waals surface area contributed by atoms with Crippen molar-refractivity contribution < 1.29 is 13.9 Å². The fourth-order valence-electron chi connectivity index (χ4n) is 4.25. The highest BCUT2D eigenvalue weighted by Crippen LogP contribution is 2.20. The molecule has 0 radical (unpaired) electrons. The lowest BCUT2D eigenvalue weighted by Crippen LogP contribution is -2.35. The molecule has 0 atom stereocenters. The van der Waals surface area contributed by atoms with Crippen LogP contribution in [0.4, 0.5) is 11.4 Å². The summed E-state index contributed by atoms with van der Waals surface area (Å²) in [7, 11) is 9.72. The molecule has 0 amide bonds. The quantitative estimate of drug-likeness (QED) is 0.230. The van der Waals surface area contributed by atoms with Gasteiger partial charge < -0.3 is 4.74 Å². The zero-order valence-corrected chi connectivity index (χ0v) is 21.4. The third-order valence-electron chi connectivity index (χ3n) is 6.12. The zero-order valence-electron chi connectivity index (χ0n) is 21.4. The van der Waals surface area contributed by atoms with Crippen LogP contribution in [-0.2, 0) is 39.3 Å². The highest BCUT2D eigenvalue weighted by Gasteiger charge is 2.20. The van der Waals surface area contributed by atoms with Gasteiger partial charge in [0.15, 0.2) is 0 Å². The molecule has 0 saturated carbocycles. The summed E-state index contributed by atoms with van der Waals surface area (Å²) < 4.78 is 13.8. The summed E-state index contributed by atoms with van der Waals surface area (Å²) in [5, 5.41) is 0. The van der Waals surface area contributed by atoms with Gasteiger partial charge in [-0.15, -0.1) is 0 Å². The van der Waals surface area contributed by atoms with E-state index in [1.54, 1.807) is 7.11 Å². The van der Waals surface area contributed by atoms with Gasteiger partial charge in [-0.05, 0) is 48.2 Å². The van der Waals surface area contributed by atoms with Crippen LogP contribution in [0.25, 0.3) is 0 Å². The smallest absolute Gasteiger partial charge is 0.344 e. The van der Waals surface area contributed by atoms with Crippen molar-refractivity contribution in [2.45, 2.75) is 19.8 Å². The van der Waals surface area contributed by atoms with E-state index < -0.39 is 0 Å². The Morgan fingerprint density at radius 1 is 0.771 bits per heavy atom. The van der Waals surface area contributed by atoms with Crippen LogP contribution in [0.2, 0.25) is 0 Å². The van der Waals surface area contributed by atoms with Crippen LogP contribution in [-0.4, -0.2) is 27.9 Å². The molecule has 0 saturated heterocycles. The van der Waals surface area contributed by atoms with Crippen molar-refractivity contribution in [3.63, 3.8) is 0 Å². The third kappa shape index (κ3) is 5.40. The summed E-state index contributed by atoms with van der Waals surface area (Å²) >= 11 is 0. The van der Waals surface area contributed by atoms with E-state index in [1.165, 1.54) is 11.1 Å². The van der Waals surface area contributed by atoms with Gasteiger partial charge in [0.2, 0.25) is 0 Å². The summed E-state index contributed by atoms with van der Waals surface area (Å²) in [6.07, 6.45) is 9.79. The molecule has 2 aromatic heterocycles. The molecular weight excluding hydrogens is 436 g/mol. The molecule has 0 aliphatic heterocycles. The van der Waals surface area contributed by atoms with E-state index in [2.05, 4.69) is 78.9 Å². The molecule has 2 heterocycles. The monoisotopic (exact) mass is 470 g/mol. The summed E-state index contributed by atoms with van der Waals surface area (Å²) in [4.78, 5) is 9.62. The third-order valence-corrected chi connectivity index (χ3v) is 6.12. The summed E-state index contributed by atoms with van der Waals surface area (Å²) in [6, 6.07) is 16.8. The molecule has 0 spiro atoms. The Hall–Kier alpha value is -4.00. The van der Waals surface area contributed by atoms with Crippen LogP contribution in [0.5, 0.6) is 0 Å². The second kappa shape index (κ2) is 10.5. The second-order valence-electron chi connectivity index (χ2n) is 8.73. The summed E-state index contributed by atoms with van der Waals surface area (Å²) in [5.74, 6) is 2.61. The maximum absolute atomic E-state index is 5.56. The highest BCUT2D eigenvalue weighted by atomic mass is 16.5. The zero-order chi connectivity index (χ0) is 24.9. The topological polar surface area (TPSA) is 51.6 Å². The van der Waals surface area contributed by atoms with Crippen LogP contribution in [0, 0.1) is 0 Å². The lowest BCUT2D eigenvalue weighted by atomic mass is 10.0. The first kappa shape index (κ1) is 24.1. The molecule has 0 bridgehead atoms. The predicted molar refractivity (Wildman–Crippen MR) is 139 cm³/mol. The average molecular weight is 471 g/mol. The van der Waals surface area contributed by atoms with Crippen LogP contribution in [0.1, 0.15) is 36.1 Å². The number of hydrogen-bond donors (Lipinski definition) is 0. The largest absolute Gasteiger partial charge is 0.475 e. The molecule has 4 rings (SSSR count). The number of hydrogen-bond acceptors (Lipinski definition) is 3. The van der Waals surface area contributed by atoms with E-state index in [4.69, 9.17) is 14.7 Å². The van der Waals surface area contributed by atoms with E-state index in [0.29, 0.717) is 5.90 Å². The Kier molecular flexibility index (Phi) is 7.25. The fraction of sp³-hybridized carbons (Fsp3) is 0.286. The number of aryl methyl sites for hydroxylation is 4. The van der Waals surface area contributed by atoms with E-state index in [0.717, 1.165) is 41.6 Å². The minimum atomic E-state index is 0.583. The predicted octanol–water partition coefficient (Wildman–Crippen LogP) is 3.86. The van der Waals surface area contributed by atoms with Gasteiger partial charge in [0.25, 0.3) is 0 Å². The van der Waals surface area contributed by atoms with E-state index in [-0.39, 0.29) is 0 Å². The Morgan fingerprint density at radius 2 is 1.26 bits per heavy atom. The molecule has 0 aliphatic rings. The maximum atomic E-state index is 5.56. The van der Waals surface area contributed by atoms with Crippen LogP contribution in [0.15, 0.2) is 83.3 Å². The van der Waals surface area contributed by atoms with E-state index in [9.17, 15) is 0 Å². The molecular formula is C28H34N6O+2. The van der Waals surface area contributed by atoms with Gasteiger partial charge in [0.05, 0.1) is 46.7 Å². The van der Waals surface area contributed by atoms with Gasteiger partial charge in [-0.1, -0.05) is 31.2 Å². The molecule has 7 nitrogen and oxygen atoms in total. The lowest BCUT2D eigenvalue weighted by molar-refractivity contribution is -0.672. The van der Waals surface area contributed by atoms with Gasteiger partial charge in [-0.3, -0.25) is 0 Å². The normalized spacial score (nSPS) is 12.3. The molecule has 7 heteroatoms. The first-order valence-electron chi connectivity index (χ1n) is 11.8. The van der Waals surface area contributed by atoms with Crippen molar-refractivity contribution in [2.24, 2.45) is 38.2 Å². The number of benzene rings is 2. The Balaban J connectivity index is 1.47. The molecule has 4 aromatic rings. The fourth-order valence-corrected chi connectivity index (χ4v) is 4.25. The van der Waals surface area contributed by atoms with Crippen LogP contribution in [0.3, 0.4) is 0 Å². The molecule has 35 heavy (non-hydrogen) atoms. The minimum absolute atomic E-state index is 0.583. The number of aliphatic imine (C=N–C) groups is 2. The van der Waals surface area contributed by atoms with Crippen LogP contribution >= 0.6 is 0 Å². The average Bonchev–Trinajstić information content (AvgIpc) is 3.38. The molecule has 0 fully saturated rings. The minimum Gasteiger partial charge on any atom is -0.475 e. The Morgan fingerprint density at radius 3 is 1.69 bits per heavy atom. The first-order chi connectivity index (χ1) is 16.9. The van der Waals surface area contributed by atoms with Crippen LogP contribution < -0.4 is 9.13 Å². The molecule has 0 aliphatic carbocycles. The van der Waals surface area contributed by atoms with Crippen molar-refractivity contribution in [3.8, 4) is 0 Å². The van der Waals surface area contributed by atoms with Gasteiger partial charge >= 0.3 is 17.5 Å². The number of aromatic nitrogens is 4. The second-order valence-corrected chi connectivity index (χ2v) is 8.73. The van der Waals surface area contributed by atoms with Crippen molar-refractivity contribution in [2.75, 3.05) is 7.11 Å². The summed E-state index contributed by atoms with van der Waals surface area (Å²) in [6.45, 7) is 2.14. The number of imidazole rings is 2. The van der Waals surface area contributed by atoms with Gasteiger partial charge in [0, 0.05) is 0 Å². The number of methoxy groups -OCH3 is 1. The van der Waals surface area contributed by atoms with E-state index in [1.807, 2.05) is 47.8 Å².